The van der Waals surface area contributed by atoms with Crippen LogP contribution in [0.15, 0.2) is 24.3 Å². The van der Waals surface area contributed by atoms with Crippen molar-refractivity contribution in [1.29, 1.82) is 5.26 Å². The lowest BCUT2D eigenvalue weighted by molar-refractivity contribution is 0.127. The fourth-order valence-corrected chi connectivity index (χ4v) is 3.64. The molecule has 3 heteroatoms. The minimum absolute atomic E-state index is 0.102. The number of nitrogens with one attached hydrogen (secondary N) is 1. The monoisotopic (exact) mass is 286 g/mol. The molecule has 1 N–H and O–H groups in total. The number of nitriles is 1. The minimum Gasteiger partial charge on any atom is -0.495 e. The Kier molecular flexibility index (Phi) is 4.46. The van der Waals surface area contributed by atoms with E-state index in [0.717, 1.165) is 30.7 Å². The van der Waals surface area contributed by atoms with Crippen molar-refractivity contribution in [1.82, 2.24) is 0 Å². The number of hydrogen-bond donors (Lipinski definition) is 1. The molecule has 1 aromatic carbocycles. The summed E-state index contributed by atoms with van der Waals surface area (Å²) < 4.78 is 5.43. The van der Waals surface area contributed by atoms with Gasteiger partial charge < -0.3 is 10.1 Å². The molecule has 21 heavy (non-hydrogen) atoms. The number of ether oxygens (including phenoxy) is 1. The van der Waals surface area contributed by atoms with Crippen LogP contribution in [0.25, 0.3) is 0 Å². The van der Waals surface area contributed by atoms with Crippen LogP contribution in [0, 0.1) is 22.7 Å². The van der Waals surface area contributed by atoms with Crippen LogP contribution in [0.1, 0.15) is 46.5 Å². The van der Waals surface area contributed by atoms with E-state index in [9.17, 15) is 5.26 Å². The van der Waals surface area contributed by atoms with E-state index in [0.29, 0.717) is 5.92 Å². The molecular formula is C18H26N2O. The largest absolute Gasteiger partial charge is 0.495 e. The fraction of sp³-hybridized carbons (Fsp3) is 0.611. The first-order chi connectivity index (χ1) is 9.93. The van der Waals surface area contributed by atoms with E-state index in [1.54, 1.807) is 7.11 Å². The number of nitrogens with zero attached hydrogens (tertiary/aromatic N) is 1. The summed E-state index contributed by atoms with van der Waals surface area (Å²) in [5, 5.41) is 13.5. The molecule has 1 fully saturated rings. The summed E-state index contributed by atoms with van der Waals surface area (Å²) in [6.07, 6.45) is 4.30. The summed E-state index contributed by atoms with van der Waals surface area (Å²) in [5.41, 5.74) is 0.508. The van der Waals surface area contributed by atoms with E-state index in [-0.39, 0.29) is 5.41 Å². The minimum atomic E-state index is -0.509. The highest BCUT2D eigenvalue weighted by molar-refractivity contribution is 5.59. The van der Waals surface area contributed by atoms with Gasteiger partial charge in [-0.15, -0.1) is 0 Å². The van der Waals surface area contributed by atoms with E-state index in [4.69, 9.17) is 4.74 Å². The zero-order valence-electron chi connectivity index (χ0n) is 13.6. The highest BCUT2D eigenvalue weighted by Crippen LogP contribution is 2.46. The normalized spacial score (nSPS) is 26.0. The second-order valence-corrected chi connectivity index (χ2v) is 7.07. The van der Waals surface area contributed by atoms with Crippen molar-refractivity contribution in [3.8, 4) is 11.8 Å². The fourth-order valence-electron chi connectivity index (χ4n) is 3.64. The third-order valence-corrected chi connectivity index (χ3v) is 4.62. The third-order valence-electron chi connectivity index (χ3n) is 4.62. The molecule has 0 amide bonds. The second kappa shape index (κ2) is 5.97. The molecule has 2 unspecified atom stereocenters. The third kappa shape index (κ3) is 3.15. The summed E-state index contributed by atoms with van der Waals surface area (Å²) >= 11 is 0. The Labute approximate surface area is 128 Å². The molecule has 0 bridgehead atoms. The molecule has 2 atom stereocenters. The zero-order valence-corrected chi connectivity index (χ0v) is 13.6. The Balaban J connectivity index is 2.38. The second-order valence-electron chi connectivity index (χ2n) is 7.07. The number of methoxy groups -OCH3 is 1. The lowest BCUT2D eigenvalue weighted by Crippen LogP contribution is -2.51. The molecule has 0 spiro atoms. The molecule has 0 aliphatic heterocycles. The molecule has 0 radical (unpaired) electrons. The molecule has 114 valence electrons. The molecule has 0 aromatic heterocycles. The van der Waals surface area contributed by atoms with Crippen LogP contribution in [0.4, 0.5) is 5.69 Å². The van der Waals surface area contributed by atoms with Gasteiger partial charge in [0.2, 0.25) is 0 Å². The van der Waals surface area contributed by atoms with E-state index in [1.165, 1.54) is 6.42 Å². The first-order valence-electron chi connectivity index (χ1n) is 7.75. The van der Waals surface area contributed by atoms with Crippen LogP contribution in [0.5, 0.6) is 5.75 Å². The van der Waals surface area contributed by atoms with Crippen molar-refractivity contribution in [2.24, 2.45) is 11.3 Å². The standard InChI is InChI=1S/C18H26N2O/c1-17(2,3)16-11-7-8-12-18(16,13-19)20-14-9-5-6-10-15(14)21-4/h5-6,9-10,16,20H,7-8,11-12H2,1-4H3. The number of hydrogen-bond acceptors (Lipinski definition) is 3. The maximum absolute atomic E-state index is 9.95. The summed E-state index contributed by atoms with van der Waals surface area (Å²) in [6, 6.07) is 10.5. The van der Waals surface area contributed by atoms with Gasteiger partial charge in [-0.1, -0.05) is 45.7 Å². The Morgan fingerprint density at radius 1 is 1.29 bits per heavy atom. The van der Waals surface area contributed by atoms with Gasteiger partial charge in [-0.2, -0.15) is 5.26 Å². The predicted octanol–water partition coefficient (Wildman–Crippen LogP) is 4.61. The van der Waals surface area contributed by atoms with Gasteiger partial charge in [0.25, 0.3) is 0 Å². The van der Waals surface area contributed by atoms with E-state index < -0.39 is 5.54 Å². The van der Waals surface area contributed by atoms with Gasteiger partial charge in [0.1, 0.15) is 11.3 Å². The maximum Gasteiger partial charge on any atom is 0.141 e. The van der Waals surface area contributed by atoms with E-state index in [2.05, 4.69) is 32.2 Å². The Morgan fingerprint density at radius 2 is 2.00 bits per heavy atom. The van der Waals surface area contributed by atoms with E-state index >= 15 is 0 Å². The summed E-state index contributed by atoms with van der Waals surface area (Å²) in [4.78, 5) is 0. The van der Waals surface area contributed by atoms with Crippen LogP contribution < -0.4 is 10.1 Å². The van der Waals surface area contributed by atoms with Crippen molar-refractivity contribution in [2.45, 2.75) is 52.0 Å². The Hall–Kier alpha value is -1.69. The smallest absolute Gasteiger partial charge is 0.141 e. The number of anilines is 1. The maximum atomic E-state index is 9.95. The van der Waals surface area contributed by atoms with Crippen molar-refractivity contribution < 1.29 is 4.74 Å². The van der Waals surface area contributed by atoms with Gasteiger partial charge in [0, 0.05) is 5.92 Å². The topological polar surface area (TPSA) is 45.0 Å². The highest BCUT2D eigenvalue weighted by atomic mass is 16.5. The first kappa shape index (κ1) is 15.7. The molecule has 1 saturated carbocycles. The Morgan fingerprint density at radius 3 is 2.62 bits per heavy atom. The van der Waals surface area contributed by atoms with Gasteiger partial charge in [-0.25, -0.2) is 0 Å². The number of para-hydroxylation sites is 2. The van der Waals surface area contributed by atoms with Crippen LogP contribution in [0.2, 0.25) is 0 Å². The highest BCUT2D eigenvalue weighted by Gasteiger charge is 2.46. The molecule has 1 aliphatic rings. The Bertz CT molecular complexity index is 527. The van der Waals surface area contributed by atoms with Gasteiger partial charge in [-0.05, 0) is 30.4 Å². The quantitative estimate of drug-likeness (QED) is 0.882. The molecule has 3 nitrogen and oxygen atoms in total. The van der Waals surface area contributed by atoms with Crippen LogP contribution in [-0.4, -0.2) is 12.6 Å². The lowest BCUT2D eigenvalue weighted by Gasteiger charge is -2.46. The molecule has 2 rings (SSSR count). The zero-order chi connectivity index (χ0) is 15.5. The SMILES string of the molecule is COc1ccccc1NC1(C#N)CCCCC1C(C)(C)C. The van der Waals surface area contributed by atoms with E-state index in [1.807, 2.05) is 24.3 Å². The van der Waals surface area contributed by atoms with Crippen LogP contribution >= 0.6 is 0 Å². The molecular weight excluding hydrogens is 260 g/mol. The predicted molar refractivity (Wildman–Crippen MR) is 86.4 cm³/mol. The molecule has 0 saturated heterocycles. The molecule has 1 aliphatic carbocycles. The van der Waals surface area contributed by atoms with Crippen molar-refractivity contribution in [2.75, 3.05) is 12.4 Å². The number of benzene rings is 1. The molecule has 1 aromatic rings. The number of rotatable bonds is 3. The van der Waals surface area contributed by atoms with Gasteiger partial charge in [0.05, 0.1) is 18.9 Å². The summed E-state index contributed by atoms with van der Waals surface area (Å²) in [7, 11) is 1.67. The van der Waals surface area contributed by atoms with Crippen LogP contribution in [0.3, 0.4) is 0 Å². The summed E-state index contributed by atoms with van der Waals surface area (Å²) in [6.45, 7) is 6.71. The van der Waals surface area contributed by atoms with Gasteiger partial charge >= 0.3 is 0 Å². The van der Waals surface area contributed by atoms with Crippen molar-refractivity contribution in [3.63, 3.8) is 0 Å². The van der Waals surface area contributed by atoms with Crippen molar-refractivity contribution >= 4 is 5.69 Å². The van der Waals surface area contributed by atoms with Gasteiger partial charge in [-0.3, -0.25) is 0 Å². The van der Waals surface area contributed by atoms with Crippen molar-refractivity contribution in [3.05, 3.63) is 24.3 Å². The lowest BCUT2D eigenvalue weighted by atomic mass is 9.62. The van der Waals surface area contributed by atoms with Gasteiger partial charge in [0.15, 0.2) is 0 Å². The first-order valence-corrected chi connectivity index (χ1v) is 7.75. The average Bonchev–Trinajstić information content (AvgIpc) is 2.47. The summed E-state index contributed by atoms with van der Waals surface area (Å²) in [5.74, 6) is 1.12. The van der Waals surface area contributed by atoms with Crippen LogP contribution in [-0.2, 0) is 0 Å². The molecule has 0 heterocycles. The average molecular weight is 286 g/mol.